The van der Waals surface area contributed by atoms with Gasteiger partial charge in [-0.1, -0.05) is 22.2 Å². The van der Waals surface area contributed by atoms with Crippen molar-refractivity contribution in [3.63, 3.8) is 0 Å². The van der Waals surface area contributed by atoms with Crippen molar-refractivity contribution in [2.75, 3.05) is 11.9 Å². The molecule has 0 aliphatic heterocycles. The summed E-state index contributed by atoms with van der Waals surface area (Å²) in [7, 11) is 1.50. The molecule has 2 rings (SSSR count). The summed E-state index contributed by atoms with van der Waals surface area (Å²) in [5.41, 5.74) is 0.656. The number of anilines is 1. The molecule has 8 heteroatoms. The molecule has 0 unspecified atom stereocenters. The van der Waals surface area contributed by atoms with E-state index < -0.39 is 18.0 Å². The maximum Gasteiger partial charge on any atom is 0.283 e. The predicted molar refractivity (Wildman–Crippen MR) is 73.8 cm³/mol. The zero-order valence-electron chi connectivity index (χ0n) is 10.6. The third-order valence-corrected chi connectivity index (χ3v) is 3.96. The predicted octanol–water partition coefficient (Wildman–Crippen LogP) is 3.71. The third-order valence-electron chi connectivity index (χ3n) is 2.82. The van der Waals surface area contributed by atoms with Crippen LogP contribution in [0.1, 0.15) is 27.4 Å². The van der Waals surface area contributed by atoms with Gasteiger partial charge in [-0.3, -0.25) is 4.79 Å². The normalized spacial score (nSPS) is 10.9. The van der Waals surface area contributed by atoms with Crippen LogP contribution in [-0.4, -0.2) is 22.5 Å². The molecule has 1 aromatic carbocycles. The minimum Gasteiger partial charge on any atom is -0.310 e. The van der Waals surface area contributed by atoms with E-state index in [2.05, 4.69) is 9.59 Å². The molecule has 0 aliphatic rings. The molecule has 0 spiro atoms. The number of carbonyl (C=O) groups excluding carboxylic acids is 1. The number of benzene rings is 1. The Morgan fingerprint density at radius 3 is 2.80 bits per heavy atom. The molecule has 20 heavy (non-hydrogen) atoms. The topological polar surface area (TPSA) is 46.1 Å². The Labute approximate surface area is 123 Å². The van der Waals surface area contributed by atoms with E-state index in [1.165, 1.54) is 11.9 Å². The van der Waals surface area contributed by atoms with Crippen LogP contribution >= 0.6 is 23.1 Å². The molecule has 0 aliphatic carbocycles. The molecule has 0 radical (unpaired) electrons. The number of rotatable bonds is 3. The molecule has 106 valence electrons. The van der Waals surface area contributed by atoms with E-state index >= 15 is 0 Å². The van der Waals surface area contributed by atoms with Gasteiger partial charge in [0.2, 0.25) is 0 Å². The number of hydrogen-bond donors (Lipinski definition) is 0. The minimum absolute atomic E-state index is 0.165. The van der Waals surface area contributed by atoms with Crippen molar-refractivity contribution >= 4 is 34.7 Å². The third kappa shape index (κ3) is 2.64. The SMILES string of the molecule is Cc1c(Cl)cccc1N(C)C(=O)c1snnc1C(F)F. The van der Waals surface area contributed by atoms with Gasteiger partial charge in [-0.05, 0) is 36.2 Å². The highest BCUT2D eigenvalue weighted by molar-refractivity contribution is 7.08. The molecule has 0 saturated carbocycles. The lowest BCUT2D eigenvalue weighted by molar-refractivity contribution is 0.0981. The number of alkyl halides is 2. The summed E-state index contributed by atoms with van der Waals surface area (Å²) in [4.78, 5) is 13.4. The first-order chi connectivity index (χ1) is 9.43. The minimum atomic E-state index is -2.83. The van der Waals surface area contributed by atoms with Crippen LogP contribution in [0, 0.1) is 6.92 Å². The van der Waals surface area contributed by atoms with Gasteiger partial charge in [-0.15, -0.1) is 5.10 Å². The number of amides is 1. The fourth-order valence-electron chi connectivity index (χ4n) is 1.71. The van der Waals surface area contributed by atoms with E-state index in [4.69, 9.17) is 11.6 Å². The lowest BCUT2D eigenvalue weighted by Crippen LogP contribution is -2.27. The van der Waals surface area contributed by atoms with Crippen LogP contribution in [-0.2, 0) is 0 Å². The number of halogens is 3. The molecule has 1 heterocycles. The summed E-state index contributed by atoms with van der Waals surface area (Å²) in [5, 5.41) is 3.80. The van der Waals surface area contributed by atoms with Crippen molar-refractivity contribution < 1.29 is 13.6 Å². The van der Waals surface area contributed by atoms with E-state index in [1.807, 2.05) is 0 Å². The van der Waals surface area contributed by atoms with E-state index in [0.717, 1.165) is 0 Å². The quantitative estimate of drug-likeness (QED) is 0.867. The highest BCUT2D eigenvalue weighted by Gasteiger charge is 2.26. The summed E-state index contributed by atoms with van der Waals surface area (Å²) in [6, 6.07) is 5.07. The van der Waals surface area contributed by atoms with Gasteiger partial charge in [0.25, 0.3) is 12.3 Å². The standard InChI is InChI=1S/C12H10ClF2N3OS/c1-6-7(13)4-3-5-8(6)18(2)12(19)10-9(11(14)15)16-17-20-10/h3-5,11H,1-2H3. The summed E-state index contributed by atoms with van der Waals surface area (Å²) in [6.45, 7) is 1.75. The van der Waals surface area contributed by atoms with Crippen LogP contribution in [0.2, 0.25) is 5.02 Å². The van der Waals surface area contributed by atoms with Crippen LogP contribution in [0.4, 0.5) is 14.5 Å². The Morgan fingerprint density at radius 1 is 1.45 bits per heavy atom. The zero-order chi connectivity index (χ0) is 14.9. The second kappa shape index (κ2) is 5.80. The second-order valence-electron chi connectivity index (χ2n) is 4.04. The summed E-state index contributed by atoms with van der Waals surface area (Å²) in [5.74, 6) is -0.583. The lowest BCUT2D eigenvalue weighted by Gasteiger charge is -2.19. The van der Waals surface area contributed by atoms with Crippen molar-refractivity contribution in [1.82, 2.24) is 9.59 Å². The van der Waals surface area contributed by atoms with Gasteiger partial charge in [-0.25, -0.2) is 8.78 Å². The number of hydrogen-bond acceptors (Lipinski definition) is 4. The Morgan fingerprint density at radius 2 is 2.15 bits per heavy atom. The van der Waals surface area contributed by atoms with E-state index in [0.29, 0.717) is 27.8 Å². The highest BCUT2D eigenvalue weighted by Crippen LogP contribution is 2.29. The van der Waals surface area contributed by atoms with E-state index in [-0.39, 0.29) is 4.88 Å². The second-order valence-corrected chi connectivity index (χ2v) is 5.20. The smallest absolute Gasteiger partial charge is 0.283 e. The van der Waals surface area contributed by atoms with Gasteiger partial charge < -0.3 is 4.90 Å². The molecular weight excluding hydrogens is 308 g/mol. The maximum atomic E-state index is 12.7. The molecule has 1 aromatic heterocycles. The van der Waals surface area contributed by atoms with Gasteiger partial charge in [0.15, 0.2) is 5.69 Å². The van der Waals surface area contributed by atoms with Crippen molar-refractivity contribution in [3.8, 4) is 0 Å². The van der Waals surface area contributed by atoms with Crippen LogP contribution in [0.5, 0.6) is 0 Å². The average Bonchev–Trinajstić information content (AvgIpc) is 2.89. The Hall–Kier alpha value is -1.60. The first-order valence-corrected chi connectivity index (χ1v) is 6.72. The van der Waals surface area contributed by atoms with Gasteiger partial charge in [-0.2, -0.15) is 0 Å². The first-order valence-electron chi connectivity index (χ1n) is 5.57. The summed E-state index contributed by atoms with van der Waals surface area (Å²) >= 11 is 6.64. The Balaban J connectivity index is 2.38. The fraction of sp³-hybridized carbons (Fsp3) is 0.250. The van der Waals surface area contributed by atoms with Gasteiger partial charge in [0.05, 0.1) is 0 Å². The Kier molecular flexibility index (Phi) is 4.29. The van der Waals surface area contributed by atoms with Crippen molar-refractivity contribution in [2.45, 2.75) is 13.3 Å². The molecule has 0 saturated heterocycles. The molecule has 0 fully saturated rings. The monoisotopic (exact) mass is 317 g/mol. The van der Waals surface area contributed by atoms with E-state index in [9.17, 15) is 13.6 Å². The molecular formula is C12H10ClF2N3OS. The van der Waals surface area contributed by atoms with Crippen LogP contribution in [0.15, 0.2) is 18.2 Å². The lowest BCUT2D eigenvalue weighted by atomic mass is 10.2. The molecule has 2 aromatic rings. The zero-order valence-corrected chi connectivity index (χ0v) is 12.2. The number of carbonyl (C=O) groups is 1. The molecule has 1 amide bonds. The number of aromatic nitrogens is 2. The molecule has 0 N–H and O–H groups in total. The highest BCUT2D eigenvalue weighted by atomic mass is 35.5. The van der Waals surface area contributed by atoms with Crippen LogP contribution in [0.3, 0.4) is 0 Å². The van der Waals surface area contributed by atoms with Crippen LogP contribution in [0.25, 0.3) is 0 Å². The average molecular weight is 318 g/mol. The van der Waals surface area contributed by atoms with Gasteiger partial charge in [0, 0.05) is 17.8 Å². The van der Waals surface area contributed by atoms with E-state index in [1.54, 1.807) is 25.1 Å². The van der Waals surface area contributed by atoms with Crippen molar-refractivity contribution in [1.29, 1.82) is 0 Å². The van der Waals surface area contributed by atoms with Crippen molar-refractivity contribution in [2.24, 2.45) is 0 Å². The largest absolute Gasteiger partial charge is 0.310 e. The molecule has 0 atom stereocenters. The van der Waals surface area contributed by atoms with Crippen molar-refractivity contribution in [3.05, 3.63) is 39.4 Å². The van der Waals surface area contributed by atoms with Crippen LogP contribution < -0.4 is 4.90 Å². The number of nitrogens with zero attached hydrogens (tertiary/aromatic N) is 3. The van der Waals surface area contributed by atoms with Gasteiger partial charge in [0.1, 0.15) is 4.88 Å². The fourth-order valence-corrected chi connectivity index (χ4v) is 2.53. The maximum absolute atomic E-state index is 12.7. The first kappa shape index (κ1) is 14.8. The molecule has 0 bridgehead atoms. The Bertz CT molecular complexity index is 647. The van der Waals surface area contributed by atoms with Gasteiger partial charge >= 0.3 is 0 Å². The summed E-state index contributed by atoms with van der Waals surface area (Å²) < 4.78 is 28.9. The summed E-state index contributed by atoms with van der Waals surface area (Å²) in [6.07, 6.45) is -2.83. The molecule has 4 nitrogen and oxygen atoms in total.